The predicted octanol–water partition coefficient (Wildman–Crippen LogP) is 3.91. The van der Waals surface area contributed by atoms with Crippen LogP contribution >= 0.6 is 0 Å². The van der Waals surface area contributed by atoms with Crippen molar-refractivity contribution in [2.45, 2.75) is 56.5 Å². The average molecular weight is 582 g/mol. The van der Waals surface area contributed by atoms with Crippen LogP contribution in [0, 0.1) is 11.7 Å². The van der Waals surface area contributed by atoms with E-state index in [9.17, 15) is 23.6 Å². The second kappa shape index (κ2) is 9.58. The van der Waals surface area contributed by atoms with Gasteiger partial charge in [-0.3, -0.25) is 39.1 Å². The first kappa shape index (κ1) is 25.8. The Labute approximate surface area is 244 Å². The quantitative estimate of drug-likeness (QED) is 0.281. The Hall–Kier alpha value is -4.87. The minimum atomic E-state index is -0.982. The normalized spacial score (nSPS) is 23.5. The highest BCUT2D eigenvalue weighted by atomic mass is 19.1. The number of aromatic nitrogens is 4. The van der Waals surface area contributed by atoms with Crippen molar-refractivity contribution in [1.29, 1.82) is 0 Å². The highest BCUT2D eigenvalue weighted by Gasteiger charge is 2.44. The van der Waals surface area contributed by atoms with Crippen LogP contribution in [-0.2, 0) is 9.59 Å². The number of rotatable bonds is 7. The van der Waals surface area contributed by atoms with Gasteiger partial charge in [-0.25, -0.2) is 4.39 Å². The van der Waals surface area contributed by atoms with Crippen molar-refractivity contribution in [3.63, 3.8) is 0 Å². The van der Waals surface area contributed by atoms with Gasteiger partial charge in [0.1, 0.15) is 6.04 Å². The maximum Gasteiger partial charge on any atom is 0.262 e. The molecule has 12 heteroatoms. The number of carbonyl (C=O) groups excluding carboxylic acids is 4. The van der Waals surface area contributed by atoms with Crippen molar-refractivity contribution in [2.24, 2.45) is 5.92 Å². The number of aromatic amines is 1. The lowest BCUT2D eigenvalue weighted by atomic mass is 9.80. The van der Waals surface area contributed by atoms with Crippen LogP contribution in [0.4, 0.5) is 10.1 Å². The first-order valence-electron chi connectivity index (χ1n) is 14.7. The SMILES string of the molecule is O=C1CCC(N2C(=O)c3ccc(NCC4CC(n5cc(-c6ncc(F)c7[nH]ccc67)c(C6CC6)n5)C4)cc3C2=O)C(=O)N1. The van der Waals surface area contributed by atoms with E-state index in [1.807, 2.05) is 10.7 Å². The van der Waals surface area contributed by atoms with Gasteiger partial charge in [0, 0.05) is 47.9 Å². The van der Waals surface area contributed by atoms with E-state index in [0.717, 1.165) is 58.6 Å². The van der Waals surface area contributed by atoms with E-state index >= 15 is 0 Å². The van der Waals surface area contributed by atoms with Gasteiger partial charge in [-0.15, -0.1) is 0 Å². The molecule has 4 aliphatic rings. The molecule has 3 fully saturated rings. The number of fused-ring (bicyclic) bond motifs is 2. The first-order valence-corrected chi connectivity index (χ1v) is 14.7. The number of amides is 4. The van der Waals surface area contributed by atoms with Crippen molar-refractivity contribution < 1.29 is 23.6 Å². The summed E-state index contributed by atoms with van der Waals surface area (Å²) in [6.07, 6.45) is 9.32. The molecule has 3 aromatic heterocycles. The van der Waals surface area contributed by atoms with Crippen LogP contribution in [0.15, 0.2) is 42.9 Å². The fourth-order valence-corrected chi connectivity index (χ4v) is 6.59. The molecular formula is C31H28FN7O4. The summed E-state index contributed by atoms with van der Waals surface area (Å²) in [6.45, 7) is 0.696. The van der Waals surface area contributed by atoms with Crippen LogP contribution < -0.4 is 10.6 Å². The van der Waals surface area contributed by atoms with Crippen molar-refractivity contribution in [1.82, 2.24) is 30.0 Å². The highest BCUT2D eigenvalue weighted by Crippen LogP contribution is 2.46. The molecule has 43 heavy (non-hydrogen) atoms. The van der Waals surface area contributed by atoms with Crippen LogP contribution in [0.3, 0.4) is 0 Å². The maximum atomic E-state index is 14.3. The molecule has 3 N–H and O–H groups in total. The standard InChI is InChI=1S/C31H28FN7O4/c32-23-13-35-27(20-7-8-33-28(20)23)22-14-38(37-26(22)16-1-2-16)18-9-15(10-18)12-34-17-3-4-19-21(11-17)31(43)39(30(19)42)24-5-6-25(40)36-29(24)41/h3-4,7-8,11,13-16,18,24,33-34H,1-2,5-6,9-10,12H2,(H,36,40,41). The number of piperidine rings is 1. The number of nitrogens with zero attached hydrogens (tertiary/aromatic N) is 4. The number of anilines is 1. The van der Waals surface area contributed by atoms with Crippen molar-refractivity contribution in [2.75, 3.05) is 11.9 Å². The van der Waals surface area contributed by atoms with E-state index in [2.05, 4.69) is 26.8 Å². The van der Waals surface area contributed by atoms with E-state index in [-0.39, 0.29) is 35.8 Å². The van der Waals surface area contributed by atoms with Crippen molar-refractivity contribution in [3.8, 4) is 11.3 Å². The fourth-order valence-electron chi connectivity index (χ4n) is 6.59. The molecule has 5 heterocycles. The molecule has 0 radical (unpaired) electrons. The van der Waals surface area contributed by atoms with Gasteiger partial charge in [0.05, 0.1) is 40.3 Å². The summed E-state index contributed by atoms with van der Waals surface area (Å²) in [4.78, 5) is 58.3. The summed E-state index contributed by atoms with van der Waals surface area (Å²) in [5, 5.41) is 11.4. The van der Waals surface area contributed by atoms with Crippen molar-refractivity contribution >= 4 is 40.2 Å². The second-order valence-corrected chi connectivity index (χ2v) is 12.0. The molecule has 4 amide bonds. The van der Waals surface area contributed by atoms with Crippen LogP contribution in [-0.4, -0.2) is 60.9 Å². The molecule has 4 aromatic rings. The number of carbonyl (C=O) groups is 4. The molecule has 0 bridgehead atoms. The molecule has 1 atom stereocenters. The molecule has 2 saturated carbocycles. The van der Waals surface area contributed by atoms with E-state index < -0.39 is 29.7 Å². The Kier molecular flexibility index (Phi) is 5.75. The van der Waals surface area contributed by atoms with E-state index in [1.54, 1.807) is 24.4 Å². The number of halogens is 1. The minimum Gasteiger partial charge on any atom is -0.385 e. The Morgan fingerprint density at radius 1 is 1.00 bits per heavy atom. The van der Waals surface area contributed by atoms with Gasteiger partial charge >= 0.3 is 0 Å². The summed E-state index contributed by atoms with van der Waals surface area (Å²) in [7, 11) is 0. The van der Waals surface area contributed by atoms with E-state index in [1.165, 1.54) is 6.20 Å². The van der Waals surface area contributed by atoms with E-state index in [4.69, 9.17) is 5.10 Å². The lowest BCUT2D eigenvalue weighted by Crippen LogP contribution is -2.54. The lowest BCUT2D eigenvalue weighted by molar-refractivity contribution is -0.136. The third-order valence-corrected chi connectivity index (χ3v) is 9.15. The molecule has 2 aliphatic carbocycles. The maximum absolute atomic E-state index is 14.3. The number of H-pyrrole nitrogens is 1. The summed E-state index contributed by atoms with van der Waals surface area (Å²) in [6, 6.07) is 6.17. The van der Waals surface area contributed by atoms with Gasteiger partial charge in [-0.05, 0) is 62.3 Å². The summed E-state index contributed by atoms with van der Waals surface area (Å²) in [5.74, 6) is -1.62. The van der Waals surface area contributed by atoms with Gasteiger partial charge in [0.15, 0.2) is 5.82 Å². The summed E-state index contributed by atoms with van der Waals surface area (Å²) in [5.41, 5.74) is 4.46. The summed E-state index contributed by atoms with van der Waals surface area (Å²) >= 11 is 0. The Bertz CT molecular complexity index is 1850. The van der Waals surface area contributed by atoms with Crippen LogP contribution in [0.1, 0.15) is 76.9 Å². The molecule has 8 rings (SSSR count). The monoisotopic (exact) mass is 581 g/mol. The zero-order valence-corrected chi connectivity index (χ0v) is 23.1. The topological polar surface area (TPSA) is 142 Å². The lowest BCUT2D eigenvalue weighted by Gasteiger charge is -2.35. The van der Waals surface area contributed by atoms with Gasteiger partial charge in [-0.1, -0.05) is 0 Å². The van der Waals surface area contributed by atoms with Gasteiger partial charge in [0.25, 0.3) is 11.8 Å². The zero-order valence-electron chi connectivity index (χ0n) is 23.1. The number of hydrogen-bond acceptors (Lipinski definition) is 7. The number of benzene rings is 1. The third-order valence-electron chi connectivity index (χ3n) is 9.15. The molecule has 1 saturated heterocycles. The number of hydrogen-bond donors (Lipinski definition) is 3. The van der Waals surface area contributed by atoms with Gasteiger partial charge in [0.2, 0.25) is 11.8 Å². The molecule has 0 spiro atoms. The number of imide groups is 2. The molecule has 11 nitrogen and oxygen atoms in total. The van der Waals surface area contributed by atoms with Gasteiger partial charge in [-0.2, -0.15) is 5.10 Å². The van der Waals surface area contributed by atoms with Gasteiger partial charge < -0.3 is 10.3 Å². The predicted molar refractivity (Wildman–Crippen MR) is 153 cm³/mol. The summed E-state index contributed by atoms with van der Waals surface area (Å²) < 4.78 is 16.3. The van der Waals surface area contributed by atoms with Crippen molar-refractivity contribution in [3.05, 3.63) is 65.5 Å². The second-order valence-electron chi connectivity index (χ2n) is 12.0. The molecule has 218 valence electrons. The Morgan fingerprint density at radius 2 is 1.81 bits per heavy atom. The third kappa shape index (κ3) is 4.23. The molecule has 1 unspecified atom stereocenters. The zero-order chi connectivity index (χ0) is 29.4. The Morgan fingerprint density at radius 3 is 2.60 bits per heavy atom. The molecule has 2 aliphatic heterocycles. The number of nitrogens with one attached hydrogen (secondary N) is 3. The molecule has 1 aromatic carbocycles. The minimum absolute atomic E-state index is 0.0840. The largest absolute Gasteiger partial charge is 0.385 e. The smallest absolute Gasteiger partial charge is 0.262 e. The van der Waals surface area contributed by atoms with E-state index in [0.29, 0.717) is 23.9 Å². The Balaban J connectivity index is 0.935. The molecular weight excluding hydrogens is 553 g/mol. The highest BCUT2D eigenvalue weighted by molar-refractivity contribution is 6.23. The van der Waals surface area contributed by atoms with Crippen LogP contribution in [0.5, 0.6) is 0 Å². The first-order chi connectivity index (χ1) is 20.9. The van der Waals surface area contributed by atoms with Crippen LogP contribution in [0.25, 0.3) is 22.2 Å². The van der Waals surface area contributed by atoms with Crippen LogP contribution in [0.2, 0.25) is 0 Å². The average Bonchev–Trinajstić information content (AvgIpc) is 3.42. The fraction of sp³-hybridized carbons (Fsp3) is 0.355. The number of pyridine rings is 1.